The van der Waals surface area contributed by atoms with E-state index in [1.165, 1.54) is 51.0 Å². The van der Waals surface area contributed by atoms with Crippen molar-refractivity contribution < 1.29 is 4.42 Å². The Morgan fingerprint density at radius 1 is 1.00 bits per heavy atom. The minimum atomic E-state index is -0.367. The summed E-state index contributed by atoms with van der Waals surface area (Å²) in [6.45, 7) is 2.25. The van der Waals surface area contributed by atoms with Gasteiger partial charge in [-0.15, -0.1) is 0 Å². The summed E-state index contributed by atoms with van der Waals surface area (Å²) in [4.78, 5) is 11.5. The average molecular weight is 301 g/mol. The molecule has 22 heavy (non-hydrogen) atoms. The summed E-state index contributed by atoms with van der Waals surface area (Å²) in [7, 11) is 0. The van der Waals surface area contributed by atoms with Crippen LogP contribution in [0.15, 0.2) is 33.5 Å². The van der Waals surface area contributed by atoms with Crippen molar-refractivity contribution >= 4 is 16.7 Å². The number of fused-ring (bicyclic) bond motifs is 1. The van der Waals surface area contributed by atoms with Crippen molar-refractivity contribution in [3.8, 4) is 0 Å². The molecule has 2 N–H and O–H groups in total. The van der Waals surface area contributed by atoms with E-state index < -0.39 is 0 Å². The van der Waals surface area contributed by atoms with Gasteiger partial charge in [0.15, 0.2) is 0 Å². The number of aryl methyl sites for hydroxylation is 1. The fraction of sp³-hybridized carbons (Fsp3) is 0.526. The normalized spacial score (nSPS) is 11.1. The molecular weight excluding hydrogens is 274 g/mol. The maximum atomic E-state index is 11.5. The highest BCUT2D eigenvalue weighted by Gasteiger charge is 2.07. The van der Waals surface area contributed by atoms with Crippen LogP contribution in [0.5, 0.6) is 0 Å². The van der Waals surface area contributed by atoms with Crippen molar-refractivity contribution in [3.05, 3.63) is 40.2 Å². The molecule has 3 heteroatoms. The number of hydrogen-bond acceptors (Lipinski definition) is 3. The molecule has 0 unspecified atom stereocenters. The Labute approximate surface area is 132 Å². The van der Waals surface area contributed by atoms with Crippen LogP contribution >= 0.6 is 0 Å². The second-order valence-electron chi connectivity index (χ2n) is 6.04. The minimum absolute atomic E-state index is 0.367. The first-order valence-electron chi connectivity index (χ1n) is 8.53. The summed E-state index contributed by atoms with van der Waals surface area (Å²) in [5.41, 5.74) is 7.79. The lowest BCUT2D eigenvalue weighted by Crippen LogP contribution is -2.02. The molecule has 1 aromatic carbocycles. The summed E-state index contributed by atoms with van der Waals surface area (Å²) in [5, 5.41) is 0.844. The zero-order valence-corrected chi connectivity index (χ0v) is 13.6. The molecule has 0 aliphatic carbocycles. The standard InChI is InChI=1S/C19H27NO2/c1-2-3-4-5-6-7-8-9-11-15-12-10-13-16-17(20)14-18(21)22-19(15)16/h10,12-14H,2-9,11,20H2,1H3. The fourth-order valence-corrected chi connectivity index (χ4v) is 2.91. The first kappa shape index (κ1) is 16.6. The van der Waals surface area contributed by atoms with E-state index in [0.717, 1.165) is 23.8 Å². The van der Waals surface area contributed by atoms with Gasteiger partial charge in [-0.25, -0.2) is 4.79 Å². The fourth-order valence-electron chi connectivity index (χ4n) is 2.91. The van der Waals surface area contributed by atoms with E-state index in [4.69, 9.17) is 10.2 Å². The molecule has 0 radical (unpaired) electrons. The number of hydrogen-bond donors (Lipinski definition) is 1. The van der Waals surface area contributed by atoms with E-state index in [1.807, 2.05) is 18.2 Å². The van der Waals surface area contributed by atoms with E-state index in [1.54, 1.807) is 0 Å². The third-order valence-electron chi connectivity index (χ3n) is 4.18. The zero-order chi connectivity index (χ0) is 15.8. The highest BCUT2D eigenvalue weighted by atomic mass is 16.4. The molecule has 0 amide bonds. The van der Waals surface area contributed by atoms with Gasteiger partial charge in [-0.2, -0.15) is 0 Å². The number of unbranched alkanes of at least 4 members (excludes halogenated alkanes) is 7. The lowest BCUT2D eigenvalue weighted by atomic mass is 10.0. The van der Waals surface area contributed by atoms with Gasteiger partial charge < -0.3 is 10.2 Å². The molecule has 0 aliphatic heterocycles. The van der Waals surface area contributed by atoms with Gasteiger partial charge in [-0.3, -0.25) is 0 Å². The predicted octanol–water partition coefficient (Wildman–Crippen LogP) is 5.06. The minimum Gasteiger partial charge on any atom is -0.422 e. The Morgan fingerprint density at radius 3 is 2.41 bits per heavy atom. The molecule has 0 atom stereocenters. The highest BCUT2D eigenvalue weighted by molar-refractivity contribution is 5.90. The molecule has 2 aromatic rings. The SMILES string of the molecule is CCCCCCCCCCc1cccc2c(N)cc(=O)oc12. The first-order chi connectivity index (χ1) is 10.7. The molecule has 0 aliphatic rings. The Hall–Kier alpha value is -1.77. The second kappa shape index (κ2) is 8.62. The van der Waals surface area contributed by atoms with Crippen molar-refractivity contribution in [2.24, 2.45) is 0 Å². The summed E-state index contributed by atoms with van der Waals surface area (Å²) in [6, 6.07) is 7.28. The van der Waals surface area contributed by atoms with Gasteiger partial charge in [0, 0.05) is 17.1 Å². The van der Waals surface area contributed by atoms with Gasteiger partial charge in [0.05, 0.1) is 0 Å². The number of benzene rings is 1. The van der Waals surface area contributed by atoms with E-state index in [-0.39, 0.29) is 5.63 Å². The second-order valence-corrected chi connectivity index (χ2v) is 6.04. The molecule has 0 bridgehead atoms. The van der Waals surface area contributed by atoms with Gasteiger partial charge in [-0.1, -0.05) is 64.0 Å². The number of nitrogens with two attached hydrogens (primary N) is 1. The number of anilines is 1. The van der Waals surface area contributed by atoms with Crippen molar-refractivity contribution in [1.29, 1.82) is 0 Å². The molecule has 0 saturated heterocycles. The van der Waals surface area contributed by atoms with Crippen LogP contribution in [0.2, 0.25) is 0 Å². The van der Waals surface area contributed by atoms with Gasteiger partial charge >= 0.3 is 5.63 Å². The maximum Gasteiger partial charge on any atom is 0.338 e. The molecule has 0 spiro atoms. The Kier molecular flexibility index (Phi) is 6.50. The Balaban J connectivity index is 1.86. The Morgan fingerprint density at radius 2 is 1.68 bits per heavy atom. The van der Waals surface area contributed by atoms with Crippen LogP contribution in [0.3, 0.4) is 0 Å². The summed E-state index contributed by atoms with van der Waals surface area (Å²) in [5.74, 6) is 0. The topological polar surface area (TPSA) is 56.2 Å². The van der Waals surface area contributed by atoms with Crippen molar-refractivity contribution in [3.63, 3.8) is 0 Å². The van der Waals surface area contributed by atoms with Crippen LogP contribution in [0.25, 0.3) is 11.0 Å². The van der Waals surface area contributed by atoms with Gasteiger partial charge in [-0.05, 0) is 24.5 Å². The smallest absolute Gasteiger partial charge is 0.338 e. The third-order valence-corrected chi connectivity index (χ3v) is 4.18. The maximum absolute atomic E-state index is 11.5. The molecule has 1 aromatic heterocycles. The molecule has 3 nitrogen and oxygen atoms in total. The van der Waals surface area contributed by atoms with Crippen molar-refractivity contribution in [2.45, 2.75) is 64.7 Å². The summed E-state index contributed by atoms with van der Waals surface area (Å²) < 4.78 is 5.36. The monoisotopic (exact) mass is 301 g/mol. The number of nitrogen functional groups attached to an aromatic ring is 1. The lowest BCUT2D eigenvalue weighted by molar-refractivity contribution is 0.551. The lowest BCUT2D eigenvalue weighted by Gasteiger charge is -2.07. The van der Waals surface area contributed by atoms with Crippen LogP contribution in [-0.4, -0.2) is 0 Å². The summed E-state index contributed by atoms with van der Waals surface area (Å²) in [6.07, 6.45) is 11.3. The molecular formula is C19H27NO2. The number of para-hydroxylation sites is 1. The van der Waals surface area contributed by atoms with E-state index in [9.17, 15) is 4.79 Å². The highest BCUT2D eigenvalue weighted by Crippen LogP contribution is 2.23. The van der Waals surface area contributed by atoms with E-state index >= 15 is 0 Å². The van der Waals surface area contributed by atoms with Crippen LogP contribution < -0.4 is 11.4 Å². The van der Waals surface area contributed by atoms with Crippen LogP contribution in [-0.2, 0) is 6.42 Å². The van der Waals surface area contributed by atoms with Crippen LogP contribution in [0.1, 0.15) is 63.9 Å². The summed E-state index contributed by atoms with van der Waals surface area (Å²) >= 11 is 0. The first-order valence-corrected chi connectivity index (χ1v) is 8.53. The van der Waals surface area contributed by atoms with Crippen molar-refractivity contribution in [2.75, 3.05) is 5.73 Å². The molecule has 0 fully saturated rings. The van der Waals surface area contributed by atoms with E-state index in [0.29, 0.717) is 11.3 Å². The third kappa shape index (κ3) is 4.62. The molecule has 2 rings (SSSR count). The van der Waals surface area contributed by atoms with E-state index in [2.05, 4.69) is 6.92 Å². The largest absolute Gasteiger partial charge is 0.422 e. The predicted molar refractivity (Wildman–Crippen MR) is 93.2 cm³/mol. The molecule has 1 heterocycles. The zero-order valence-electron chi connectivity index (χ0n) is 13.6. The molecule has 0 saturated carbocycles. The van der Waals surface area contributed by atoms with Gasteiger partial charge in [0.25, 0.3) is 0 Å². The average Bonchev–Trinajstić information content (AvgIpc) is 2.50. The Bertz CT molecular complexity index is 645. The quantitative estimate of drug-likeness (QED) is 0.520. The van der Waals surface area contributed by atoms with Crippen molar-refractivity contribution in [1.82, 2.24) is 0 Å². The molecule has 120 valence electrons. The van der Waals surface area contributed by atoms with Gasteiger partial charge in [0.2, 0.25) is 0 Å². The van der Waals surface area contributed by atoms with Crippen LogP contribution in [0, 0.1) is 0 Å². The van der Waals surface area contributed by atoms with Gasteiger partial charge in [0.1, 0.15) is 5.58 Å². The number of rotatable bonds is 9. The van der Waals surface area contributed by atoms with Crippen LogP contribution in [0.4, 0.5) is 5.69 Å².